The maximum Gasteiger partial charge on any atom is 0.236 e. The van der Waals surface area contributed by atoms with E-state index < -0.39 is 0 Å². The highest BCUT2D eigenvalue weighted by Gasteiger charge is 2.08. The molecule has 1 heterocycles. The number of likely N-dealkylation sites (N-methyl/N-ethyl adjacent to an activating group) is 1. The van der Waals surface area contributed by atoms with Crippen LogP contribution in [0.4, 0.5) is 0 Å². The van der Waals surface area contributed by atoms with Crippen LogP contribution in [-0.4, -0.2) is 51.8 Å². The fraction of sp³-hybridized carbons (Fsp3) is 0.727. The van der Waals surface area contributed by atoms with E-state index in [-0.39, 0.29) is 5.91 Å². The van der Waals surface area contributed by atoms with Gasteiger partial charge in [0.05, 0.1) is 6.54 Å². The second-order valence-corrected chi connectivity index (χ2v) is 3.83. The Morgan fingerprint density at radius 3 is 2.71 bits per heavy atom. The van der Waals surface area contributed by atoms with Crippen LogP contribution in [0, 0.1) is 0 Å². The smallest absolute Gasteiger partial charge is 0.236 e. The molecule has 1 amide bonds. The zero-order chi connectivity index (χ0) is 12.7. The van der Waals surface area contributed by atoms with Crippen molar-refractivity contribution in [3.05, 3.63) is 12.2 Å². The molecule has 1 rings (SSSR count). The first-order chi connectivity index (χ1) is 8.17. The summed E-state index contributed by atoms with van der Waals surface area (Å²) in [5, 5.41) is 7.28. The highest BCUT2D eigenvalue weighted by atomic mass is 16.2. The Labute approximate surface area is 102 Å². The van der Waals surface area contributed by atoms with Crippen LogP contribution in [-0.2, 0) is 18.3 Å². The Balaban J connectivity index is 2.17. The third-order valence-corrected chi connectivity index (χ3v) is 2.56. The van der Waals surface area contributed by atoms with Crippen molar-refractivity contribution in [2.24, 2.45) is 7.05 Å². The van der Waals surface area contributed by atoms with Crippen LogP contribution >= 0.6 is 0 Å². The predicted molar refractivity (Wildman–Crippen MR) is 65.5 cm³/mol. The summed E-state index contributed by atoms with van der Waals surface area (Å²) in [7, 11) is 1.84. The molecular weight excluding hydrogens is 218 g/mol. The summed E-state index contributed by atoms with van der Waals surface area (Å²) in [6, 6.07) is 0. The van der Waals surface area contributed by atoms with Crippen LogP contribution in [0.15, 0.2) is 6.33 Å². The Hall–Kier alpha value is -1.43. The highest BCUT2D eigenvalue weighted by molar-refractivity contribution is 5.78. The maximum atomic E-state index is 11.6. The number of amides is 1. The molecule has 0 fully saturated rings. The number of hydrogen-bond acceptors (Lipinski definition) is 4. The van der Waals surface area contributed by atoms with Crippen LogP contribution in [0.5, 0.6) is 0 Å². The number of aryl methyl sites for hydroxylation is 1. The number of hydrogen-bond donors (Lipinski definition) is 1. The molecular formula is C11H21N5O. The first kappa shape index (κ1) is 13.6. The zero-order valence-corrected chi connectivity index (χ0v) is 10.8. The topological polar surface area (TPSA) is 63.1 Å². The SMILES string of the molecule is CCN(CC)C(=O)CNCCc1ncn(C)n1. The average molecular weight is 239 g/mol. The van der Waals surface area contributed by atoms with Crippen molar-refractivity contribution >= 4 is 5.91 Å². The molecule has 0 bridgehead atoms. The predicted octanol–water partition coefficient (Wildman–Crippen LogP) is -0.184. The van der Waals surface area contributed by atoms with Gasteiger partial charge in [-0.2, -0.15) is 5.10 Å². The number of carbonyl (C=O) groups excluding carboxylic acids is 1. The van der Waals surface area contributed by atoms with Crippen LogP contribution in [0.1, 0.15) is 19.7 Å². The molecule has 0 radical (unpaired) electrons. The van der Waals surface area contributed by atoms with Crippen molar-refractivity contribution in [3.8, 4) is 0 Å². The zero-order valence-electron chi connectivity index (χ0n) is 10.8. The molecule has 96 valence electrons. The van der Waals surface area contributed by atoms with Gasteiger partial charge in [0, 0.05) is 33.1 Å². The molecule has 0 unspecified atom stereocenters. The minimum atomic E-state index is 0.143. The second kappa shape index (κ2) is 7.01. The third-order valence-electron chi connectivity index (χ3n) is 2.56. The van der Waals surface area contributed by atoms with E-state index in [1.807, 2.05) is 25.8 Å². The van der Waals surface area contributed by atoms with Gasteiger partial charge in [0.1, 0.15) is 6.33 Å². The summed E-state index contributed by atoms with van der Waals surface area (Å²) in [6.45, 7) is 6.60. The van der Waals surface area contributed by atoms with Gasteiger partial charge in [0.2, 0.25) is 5.91 Å². The lowest BCUT2D eigenvalue weighted by Gasteiger charge is -2.18. The van der Waals surface area contributed by atoms with Crippen molar-refractivity contribution in [2.45, 2.75) is 20.3 Å². The molecule has 0 spiro atoms. The van der Waals surface area contributed by atoms with E-state index in [0.29, 0.717) is 6.54 Å². The van der Waals surface area contributed by atoms with Crippen molar-refractivity contribution in [2.75, 3.05) is 26.2 Å². The first-order valence-electron chi connectivity index (χ1n) is 6.00. The van der Waals surface area contributed by atoms with E-state index >= 15 is 0 Å². The van der Waals surface area contributed by atoms with Crippen LogP contribution in [0.25, 0.3) is 0 Å². The average Bonchev–Trinajstić information content (AvgIpc) is 2.72. The molecule has 0 saturated heterocycles. The number of rotatable bonds is 7. The maximum absolute atomic E-state index is 11.6. The Morgan fingerprint density at radius 2 is 2.18 bits per heavy atom. The molecule has 6 nitrogen and oxygen atoms in total. The first-order valence-corrected chi connectivity index (χ1v) is 6.00. The van der Waals surface area contributed by atoms with Crippen molar-refractivity contribution in [1.29, 1.82) is 0 Å². The van der Waals surface area contributed by atoms with Gasteiger partial charge in [-0.05, 0) is 13.8 Å². The quantitative estimate of drug-likeness (QED) is 0.670. The molecule has 0 atom stereocenters. The van der Waals surface area contributed by atoms with Gasteiger partial charge in [0.25, 0.3) is 0 Å². The van der Waals surface area contributed by atoms with Gasteiger partial charge >= 0.3 is 0 Å². The molecule has 0 aliphatic carbocycles. The molecule has 0 aromatic carbocycles. The lowest BCUT2D eigenvalue weighted by atomic mass is 10.4. The standard InChI is InChI=1S/C11H21N5O/c1-4-16(5-2)11(17)8-12-7-6-10-13-9-15(3)14-10/h9,12H,4-8H2,1-3H3. The Morgan fingerprint density at radius 1 is 1.47 bits per heavy atom. The van der Waals surface area contributed by atoms with E-state index in [1.165, 1.54) is 0 Å². The molecule has 17 heavy (non-hydrogen) atoms. The van der Waals surface area contributed by atoms with E-state index in [4.69, 9.17) is 0 Å². The van der Waals surface area contributed by atoms with Gasteiger partial charge in [-0.3, -0.25) is 9.48 Å². The minimum absolute atomic E-state index is 0.143. The Bertz CT molecular complexity index is 345. The van der Waals surface area contributed by atoms with Crippen LogP contribution in [0.2, 0.25) is 0 Å². The van der Waals surface area contributed by atoms with Gasteiger partial charge < -0.3 is 10.2 Å². The molecule has 0 aliphatic rings. The molecule has 0 aliphatic heterocycles. The monoisotopic (exact) mass is 239 g/mol. The summed E-state index contributed by atoms with van der Waals surface area (Å²) in [5.41, 5.74) is 0. The molecule has 0 saturated carbocycles. The van der Waals surface area contributed by atoms with Gasteiger partial charge in [-0.15, -0.1) is 0 Å². The van der Waals surface area contributed by atoms with Crippen molar-refractivity contribution in [3.63, 3.8) is 0 Å². The van der Waals surface area contributed by atoms with Gasteiger partial charge in [-0.1, -0.05) is 0 Å². The third kappa shape index (κ3) is 4.52. The lowest BCUT2D eigenvalue weighted by molar-refractivity contribution is -0.129. The number of aromatic nitrogens is 3. The van der Waals surface area contributed by atoms with Gasteiger partial charge in [-0.25, -0.2) is 4.98 Å². The largest absolute Gasteiger partial charge is 0.342 e. The molecule has 1 aromatic heterocycles. The number of nitrogens with one attached hydrogen (secondary N) is 1. The normalized spacial score (nSPS) is 10.5. The minimum Gasteiger partial charge on any atom is -0.342 e. The lowest BCUT2D eigenvalue weighted by Crippen LogP contribution is -2.38. The van der Waals surface area contributed by atoms with E-state index in [2.05, 4.69) is 15.4 Å². The van der Waals surface area contributed by atoms with Crippen LogP contribution < -0.4 is 5.32 Å². The van der Waals surface area contributed by atoms with E-state index in [0.717, 1.165) is 31.9 Å². The highest BCUT2D eigenvalue weighted by Crippen LogP contribution is 1.90. The fourth-order valence-electron chi connectivity index (χ4n) is 1.58. The summed E-state index contributed by atoms with van der Waals surface area (Å²) in [5.74, 6) is 0.944. The van der Waals surface area contributed by atoms with Crippen molar-refractivity contribution in [1.82, 2.24) is 25.0 Å². The summed E-state index contributed by atoms with van der Waals surface area (Å²) in [4.78, 5) is 17.6. The summed E-state index contributed by atoms with van der Waals surface area (Å²) in [6.07, 6.45) is 2.42. The number of carbonyl (C=O) groups is 1. The van der Waals surface area contributed by atoms with Crippen LogP contribution in [0.3, 0.4) is 0 Å². The number of nitrogens with zero attached hydrogens (tertiary/aromatic N) is 4. The molecule has 1 aromatic rings. The van der Waals surface area contributed by atoms with Crippen molar-refractivity contribution < 1.29 is 4.79 Å². The van der Waals surface area contributed by atoms with Gasteiger partial charge in [0.15, 0.2) is 5.82 Å². The second-order valence-electron chi connectivity index (χ2n) is 3.83. The Kier molecular flexibility index (Phi) is 5.62. The molecule has 6 heteroatoms. The van der Waals surface area contributed by atoms with E-state index in [1.54, 1.807) is 11.0 Å². The summed E-state index contributed by atoms with van der Waals surface area (Å²) >= 11 is 0. The fourth-order valence-corrected chi connectivity index (χ4v) is 1.58. The van der Waals surface area contributed by atoms with E-state index in [9.17, 15) is 4.79 Å². The molecule has 1 N–H and O–H groups in total. The summed E-state index contributed by atoms with van der Waals surface area (Å²) < 4.78 is 1.68.